The molecule has 0 fully saturated rings. The van der Waals surface area contributed by atoms with E-state index in [-0.39, 0.29) is 5.92 Å². The summed E-state index contributed by atoms with van der Waals surface area (Å²) in [7, 11) is 3.21. The van der Waals surface area contributed by atoms with Crippen LogP contribution in [-0.2, 0) is 0 Å². The van der Waals surface area contributed by atoms with Crippen LogP contribution >= 0.6 is 0 Å². The first-order chi connectivity index (χ1) is 11.6. The van der Waals surface area contributed by atoms with E-state index in [1.807, 2.05) is 54.6 Å². The number of nitriles is 1. The van der Waals surface area contributed by atoms with Crippen LogP contribution in [0, 0.1) is 18.3 Å². The molecule has 0 saturated heterocycles. The first-order valence-corrected chi connectivity index (χ1v) is 7.70. The molecule has 0 aliphatic carbocycles. The minimum atomic E-state index is -0.288. The Bertz CT molecular complexity index is 938. The first kappa shape index (κ1) is 15.9. The van der Waals surface area contributed by atoms with Crippen LogP contribution in [0.15, 0.2) is 36.4 Å². The molecule has 1 aromatic carbocycles. The summed E-state index contributed by atoms with van der Waals surface area (Å²) in [4.78, 5) is 4.76. The third kappa shape index (κ3) is 2.46. The van der Waals surface area contributed by atoms with Gasteiger partial charge < -0.3 is 9.47 Å². The Morgan fingerprint density at radius 3 is 2.54 bits per heavy atom. The number of aromatic nitrogens is 2. The minimum Gasteiger partial charge on any atom is -0.493 e. The second-order valence-electron chi connectivity index (χ2n) is 5.63. The van der Waals surface area contributed by atoms with Gasteiger partial charge in [0.05, 0.1) is 37.6 Å². The second kappa shape index (κ2) is 6.25. The fourth-order valence-corrected chi connectivity index (χ4v) is 2.94. The smallest absolute Gasteiger partial charge is 0.161 e. The van der Waals surface area contributed by atoms with E-state index in [0.29, 0.717) is 11.5 Å². The number of ether oxygens (including phenoxy) is 2. The van der Waals surface area contributed by atoms with Crippen LogP contribution < -0.4 is 9.47 Å². The number of aryl methyl sites for hydroxylation is 1. The minimum absolute atomic E-state index is 0.288. The Labute approximate surface area is 141 Å². The average Bonchev–Trinajstić information content (AvgIpc) is 3.01. The zero-order chi connectivity index (χ0) is 17.3. The molecule has 0 aliphatic heterocycles. The van der Waals surface area contributed by atoms with Gasteiger partial charge in [-0.15, -0.1) is 0 Å². The van der Waals surface area contributed by atoms with E-state index in [2.05, 4.69) is 6.07 Å². The van der Waals surface area contributed by atoms with Crippen molar-refractivity contribution in [3.05, 3.63) is 47.8 Å². The Morgan fingerprint density at radius 1 is 1.12 bits per heavy atom. The highest BCUT2D eigenvalue weighted by molar-refractivity contribution is 5.70. The van der Waals surface area contributed by atoms with Crippen LogP contribution in [-0.4, -0.2) is 23.6 Å². The van der Waals surface area contributed by atoms with Crippen molar-refractivity contribution in [1.29, 1.82) is 5.26 Å². The Kier molecular flexibility index (Phi) is 4.13. The van der Waals surface area contributed by atoms with Crippen molar-refractivity contribution in [1.82, 2.24) is 9.38 Å². The van der Waals surface area contributed by atoms with Gasteiger partial charge in [0.25, 0.3) is 0 Å². The summed E-state index contributed by atoms with van der Waals surface area (Å²) in [6, 6.07) is 13.9. The molecule has 1 unspecified atom stereocenters. The van der Waals surface area contributed by atoms with Crippen molar-refractivity contribution in [2.45, 2.75) is 19.8 Å². The summed E-state index contributed by atoms with van der Waals surface area (Å²) in [5.41, 5.74) is 4.45. The zero-order valence-corrected chi connectivity index (χ0v) is 14.2. The highest BCUT2D eigenvalue weighted by Gasteiger charge is 2.21. The maximum atomic E-state index is 9.48. The van der Waals surface area contributed by atoms with E-state index >= 15 is 0 Å². The van der Waals surface area contributed by atoms with Gasteiger partial charge >= 0.3 is 0 Å². The van der Waals surface area contributed by atoms with Crippen molar-refractivity contribution < 1.29 is 9.47 Å². The number of methoxy groups -OCH3 is 2. The Morgan fingerprint density at radius 2 is 1.88 bits per heavy atom. The molecule has 0 radical (unpaired) electrons. The van der Waals surface area contributed by atoms with Crippen molar-refractivity contribution in [3.8, 4) is 28.8 Å². The molecule has 0 amide bonds. The molecular weight excluding hydrogens is 302 g/mol. The third-order valence-electron chi connectivity index (χ3n) is 4.14. The molecule has 24 heavy (non-hydrogen) atoms. The van der Waals surface area contributed by atoms with Crippen molar-refractivity contribution >= 4 is 5.65 Å². The fourth-order valence-electron chi connectivity index (χ4n) is 2.94. The average molecular weight is 321 g/mol. The molecule has 0 bridgehead atoms. The fraction of sp³-hybridized carbons (Fsp3) is 0.263. The zero-order valence-electron chi connectivity index (χ0n) is 14.2. The highest BCUT2D eigenvalue weighted by atomic mass is 16.5. The van der Waals surface area contributed by atoms with Gasteiger partial charge in [-0.1, -0.05) is 6.07 Å². The van der Waals surface area contributed by atoms with Crippen LogP contribution in [0.1, 0.15) is 24.2 Å². The molecule has 0 aliphatic rings. The molecular formula is C19H19N3O2. The van der Waals surface area contributed by atoms with E-state index in [0.717, 1.165) is 28.3 Å². The number of hydrogen-bond acceptors (Lipinski definition) is 4. The normalized spacial score (nSPS) is 12.0. The summed E-state index contributed by atoms with van der Waals surface area (Å²) in [5, 5.41) is 9.48. The predicted octanol–water partition coefficient (Wildman–Crippen LogP) is 3.95. The lowest BCUT2D eigenvalue weighted by Gasteiger charge is -2.11. The number of fused-ring (bicyclic) bond motifs is 1. The van der Waals surface area contributed by atoms with Gasteiger partial charge in [0.1, 0.15) is 5.65 Å². The largest absolute Gasteiger partial charge is 0.493 e. The van der Waals surface area contributed by atoms with Gasteiger partial charge in [-0.3, -0.25) is 4.40 Å². The summed E-state index contributed by atoms with van der Waals surface area (Å²) in [6.45, 7) is 3.90. The van der Waals surface area contributed by atoms with Crippen molar-refractivity contribution in [2.75, 3.05) is 14.2 Å². The number of benzene rings is 1. The summed E-state index contributed by atoms with van der Waals surface area (Å²) >= 11 is 0. The molecule has 1 atom stereocenters. The number of imidazole rings is 1. The molecule has 5 nitrogen and oxygen atoms in total. The molecule has 0 N–H and O–H groups in total. The molecule has 5 heteroatoms. The van der Waals surface area contributed by atoms with Crippen molar-refractivity contribution in [3.63, 3.8) is 0 Å². The van der Waals surface area contributed by atoms with Crippen LogP contribution in [0.5, 0.6) is 11.5 Å². The van der Waals surface area contributed by atoms with Crippen LogP contribution in [0.3, 0.4) is 0 Å². The highest BCUT2D eigenvalue weighted by Crippen LogP contribution is 2.36. The topological polar surface area (TPSA) is 59.5 Å². The number of rotatable bonds is 4. The lowest BCUT2D eigenvalue weighted by molar-refractivity contribution is 0.355. The quantitative estimate of drug-likeness (QED) is 0.730. The van der Waals surface area contributed by atoms with E-state index < -0.39 is 0 Å². The Balaban J connectivity index is 2.30. The van der Waals surface area contributed by atoms with E-state index in [1.165, 1.54) is 0 Å². The predicted molar refractivity (Wildman–Crippen MR) is 92.5 cm³/mol. The SMILES string of the molecule is COc1ccc(-c2nc3cccc(C)n3c2C(C)C#N)cc1OC. The first-order valence-electron chi connectivity index (χ1n) is 7.70. The number of hydrogen-bond donors (Lipinski definition) is 0. The van der Waals surface area contributed by atoms with Gasteiger partial charge in [-0.2, -0.15) is 5.26 Å². The molecule has 3 rings (SSSR count). The lowest BCUT2D eigenvalue weighted by atomic mass is 10.0. The van der Waals surface area contributed by atoms with E-state index in [4.69, 9.17) is 14.5 Å². The van der Waals surface area contributed by atoms with Crippen LogP contribution in [0.2, 0.25) is 0 Å². The summed E-state index contributed by atoms with van der Waals surface area (Å²) in [6.07, 6.45) is 0. The number of pyridine rings is 1. The molecule has 2 aromatic heterocycles. The van der Waals surface area contributed by atoms with Gasteiger partial charge in [-0.25, -0.2) is 4.98 Å². The second-order valence-corrected chi connectivity index (χ2v) is 5.63. The monoisotopic (exact) mass is 321 g/mol. The van der Waals surface area contributed by atoms with Crippen LogP contribution in [0.4, 0.5) is 0 Å². The molecule has 0 spiro atoms. The van der Waals surface area contributed by atoms with Gasteiger partial charge in [0.2, 0.25) is 0 Å². The molecule has 122 valence electrons. The summed E-state index contributed by atoms with van der Waals surface area (Å²) in [5.74, 6) is 1.01. The molecule has 2 heterocycles. The maximum absolute atomic E-state index is 9.48. The molecule has 3 aromatic rings. The van der Waals surface area contributed by atoms with Crippen molar-refractivity contribution in [2.24, 2.45) is 0 Å². The standard InChI is InChI=1S/C19H19N3O2/c1-12(11-20)19-18(21-17-7-5-6-13(2)22(17)19)14-8-9-15(23-3)16(10-14)24-4/h5-10,12H,1-4H3. The third-order valence-corrected chi connectivity index (χ3v) is 4.14. The van der Waals surface area contributed by atoms with E-state index in [1.54, 1.807) is 14.2 Å². The van der Waals surface area contributed by atoms with Gasteiger partial charge in [-0.05, 0) is 44.2 Å². The van der Waals surface area contributed by atoms with Gasteiger partial charge in [0, 0.05) is 11.3 Å². The van der Waals surface area contributed by atoms with E-state index in [9.17, 15) is 5.26 Å². The molecule has 0 saturated carbocycles. The maximum Gasteiger partial charge on any atom is 0.161 e. The lowest BCUT2D eigenvalue weighted by Crippen LogP contribution is -2.01. The summed E-state index contributed by atoms with van der Waals surface area (Å²) < 4.78 is 12.7. The number of nitrogens with zero attached hydrogens (tertiary/aromatic N) is 3. The Hall–Kier alpha value is -3.00. The van der Waals surface area contributed by atoms with Crippen LogP contribution in [0.25, 0.3) is 16.9 Å². The van der Waals surface area contributed by atoms with Gasteiger partial charge in [0.15, 0.2) is 11.5 Å².